The van der Waals surface area contributed by atoms with Gasteiger partial charge in [-0.1, -0.05) is 60.3 Å². The van der Waals surface area contributed by atoms with Crippen LogP contribution < -0.4 is 4.74 Å². The summed E-state index contributed by atoms with van der Waals surface area (Å²) in [5, 5.41) is 0. The smallest absolute Gasteiger partial charge is 0.124 e. The van der Waals surface area contributed by atoms with Crippen molar-refractivity contribution in [3.8, 4) is 5.75 Å². The molecular formula is C17H25BrO2. The van der Waals surface area contributed by atoms with E-state index in [0.717, 1.165) is 18.6 Å². The summed E-state index contributed by atoms with van der Waals surface area (Å²) in [5.41, 5.74) is 1.18. The zero-order valence-electron chi connectivity index (χ0n) is 12.5. The first-order valence-electron chi connectivity index (χ1n) is 7.67. The minimum atomic E-state index is 0.149. The van der Waals surface area contributed by atoms with Gasteiger partial charge in [-0.2, -0.15) is 0 Å². The van der Waals surface area contributed by atoms with Gasteiger partial charge in [0.1, 0.15) is 5.75 Å². The molecule has 0 spiro atoms. The van der Waals surface area contributed by atoms with Crippen LogP contribution in [0.3, 0.4) is 0 Å². The lowest BCUT2D eigenvalue weighted by atomic mass is 9.95. The number of halogens is 1. The van der Waals surface area contributed by atoms with E-state index in [4.69, 9.17) is 9.47 Å². The molecule has 1 aliphatic rings. The largest absolute Gasteiger partial charge is 0.496 e. The summed E-state index contributed by atoms with van der Waals surface area (Å²) in [6.07, 6.45) is 7.65. The Morgan fingerprint density at radius 3 is 2.80 bits per heavy atom. The van der Waals surface area contributed by atoms with Crippen LogP contribution in [0.5, 0.6) is 5.75 Å². The van der Waals surface area contributed by atoms with E-state index in [0.29, 0.717) is 10.9 Å². The van der Waals surface area contributed by atoms with E-state index in [-0.39, 0.29) is 6.10 Å². The number of hydrogen-bond donors (Lipinski definition) is 0. The van der Waals surface area contributed by atoms with Crippen LogP contribution in [0.25, 0.3) is 0 Å². The van der Waals surface area contributed by atoms with Crippen molar-refractivity contribution in [2.75, 3.05) is 7.11 Å². The molecule has 0 saturated carbocycles. The molecule has 2 rings (SSSR count). The van der Waals surface area contributed by atoms with Crippen molar-refractivity contribution >= 4 is 15.9 Å². The van der Waals surface area contributed by atoms with Gasteiger partial charge in [0.15, 0.2) is 0 Å². The topological polar surface area (TPSA) is 18.5 Å². The van der Waals surface area contributed by atoms with Crippen molar-refractivity contribution < 1.29 is 9.47 Å². The first-order valence-corrected chi connectivity index (χ1v) is 8.58. The Labute approximate surface area is 131 Å². The molecule has 20 heavy (non-hydrogen) atoms. The summed E-state index contributed by atoms with van der Waals surface area (Å²) in [6, 6.07) is 8.21. The van der Waals surface area contributed by atoms with Crippen LogP contribution >= 0.6 is 15.9 Å². The lowest BCUT2D eigenvalue weighted by Crippen LogP contribution is -2.28. The van der Waals surface area contributed by atoms with E-state index in [2.05, 4.69) is 35.0 Å². The van der Waals surface area contributed by atoms with Crippen molar-refractivity contribution in [2.24, 2.45) is 0 Å². The van der Waals surface area contributed by atoms with Gasteiger partial charge in [-0.3, -0.25) is 0 Å². The van der Waals surface area contributed by atoms with Crippen LogP contribution in [0.2, 0.25) is 0 Å². The highest BCUT2D eigenvalue weighted by Gasteiger charge is 2.30. The Kier molecular flexibility index (Phi) is 6.37. The number of methoxy groups -OCH3 is 1. The van der Waals surface area contributed by atoms with E-state index in [9.17, 15) is 0 Å². The molecule has 2 nitrogen and oxygen atoms in total. The molecule has 0 aliphatic carbocycles. The van der Waals surface area contributed by atoms with E-state index in [1.54, 1.807) is 7.11 Å². The van der Waals surface area contributed by atoms with E-state index >= 15 is 0 Å². The summed E-state index contributed by atoms with van der Waals surface area (Å²) in [7, 11) is 1.73. The number of hydrogen-bond acceptors (Lipinski definition) is 2. The third kappa shape index (κ3) is 4.23. The van der Waals surface area contributed by atoms with Gasteiger partial charge in [0, 0.05) is 10.4 Å². The highest BCUT2D eigenvalue weighted by Crippen LogP contribution is 2.39. The summed E-state index contributed by atoms with van der Waals surface area (Å²) in [5.74, 6) is 0.936. The molecule has 0 unspecified atom stereocenters. The second-order valence-corrected chi connectivity index (χ2v) is 6.85. The standard InChI is InChI=1S/C17H25BrO2/c1-3-4-5-8-14-11-13(18)12-17(20-14)15-9-6-7-10-16(15)19-2/h6-7,9-10,13-14,17H,3-5,8,11-12H2,1-2H3/t13-,14+,17+/m0/s1. The summed E-state index contributed by atoms with van der Waals surface area (Å²) < 4.78 is 11.8. The lowest BCUT2D eigenvalue weighted by molar-refractivity contribution is -0.0531. The summed E-state index contributed by atoms with van der Waals surface area (Å²) in [6.45, 7) is 2.24. The van der Waals surface area contributed by atoms with Crippen molar-refractivity contribution in [3.63, 3.8) is 0 Å². The van der Waals surface area contributed by atoms with E-state index in [1.807, 2.05) is 12.1 Å². The van der Waals surface area contributed by atoms with Gasteiger partial charge in [0.25, 0.3) is 0 Å². The van der Waals surface area contributed by atoms with Gasteiger partial charge in [0.2, 0.25) is 0 Å². The normalized spacial score (nSPS) is 26.4. The average Bonchev–Trinajstić information content (AvgIpc) is 2.47. The van der Waals surface area contributed by atoms with E-state index in [1.165, 1.54) is 31.2 Å². The van der Waals surface area contributed by atoms with Crippen LogP contribution in [-0.4, -0.2) is 18.0 Å². The molecule has 0 radical (unpaired) electrons. The molecule has 1 fully saturated rings. The van der Waals surface area contributed by atoms with Gasteiger partial charge in [-0.25, -0.2) is 0 Å². The fraction of sp³-hybridized carbons (Fsp3) is 0.647. The van der Waals surface area contributed by atoms with Crippen molar-refractivity contribution in [2.45, 2.75) is 62.5 Å². The van der Waals surface area contributed by atoms with Crippen molar-refractivity contribution in [3.05, 3.63) is 29.8 Å². The Balaban J connectivity index is 2.03. The average molecular weight is 341 g/mol. The summed E-state index contributed by atoms with van der Waals surface area (Å²) >= 11 is 3.80. The van der Waals surface area contributed by atoms with Gasteiger partial charge < -0.3 is 9.47 Å². The van der Waals surface area contributed by atoms with Crippen molar-refractivity contribution in [1.82, 2.24) is 0 Å². The molecule has 1 saturated heterocycles. The number of alkyl halides is 1. The molecular weight excluding hydrogens is 316 g/mol. The van der Waals surface area contributed by atoms with Gasteiger partial charge in [0.05, 0.1) is 19.3 Å². The molecule has 0 N–H and O–H groups in total. The minimum Gasteiger partial charge on any atom is -0.496 e. The molecule has 0 aromatic heterocycles. The van der Waals surface area contributed by atoms with Crippen LogP contribution in [0.4, 0.5) is 0 Å². The minimum absolute atomic E-state index is 0.149. The molecule has 3 atom stereocenters. The Bertz CT molecular complexity index is 408. The van der Waals surface area contributed by atoms with Crippen LogP contribution in [0.15, 0.2) is 24.3 Å². The molecule has 0 bridgehead atoms. The van der Waals surface area contributed by atoms with Crippen LogP contribution in [0.1, 0.15) is 57.1 Å². The SMILES string of the molecule is CCCCC[C@@H]1C[C@H](Br)C[C@H](c2ccccc2OC)O1. The molecule has 1 aliphatic heterocycles. The Morgan fingerprint density at radius 1 is 1.25 bits per heavy atom. The number of ether oxygens (including phenoxy) is 2. The van der Waals surface area contributed by atoms with Gasteiger partial charge in [-0.15, -0.1) is 0 Å². The molecule has 1 heterocycles. The van der Waals surface area contributed by atoms with Gasteiger partial charge >= 0.3 is 0 Å². The zero-order chi connectivity index (χ0) is 14.4. The second-order valence-electron chi connectivity index (χ2n) is 5.55. The number of unbranched alkanes of at least 4 members (excludes halogenated alkanes) is 2. The number of benzene rings is 1. The second kappa shape index (κ2) is 8.04. The maximum absolute atomic E-state index is 6.32. The monoisotopic (exact) mass is 340 g/mol. The molecule has 0 amide bonds. The number of rotatable bonds is 6. The third-order valence-electron chi connectivity index (χ3n) is 3.96. The first-order chi connectivity index (χ1) is 9.74. The predicted molar refractivity (Wildman–Crippen MR) is 86.7 cm³/mol. The van der Waals surface area contributed by atoms with Crippen molar-refractivity contribution in [1.29, 1.82) is 0 Å². The van der Waals surface area contributed by atoms with Crippen LogP contribution in [0, 0.1) is 0 Å². The molecule has 3 heteroatoms. The Morgan fingerprint density at radius 2 is 2.05 bits per heavy atom. The highest BCUT2D eigenvalue weighted by atomic mass is 79.9. The maximum atomic E-state index is 6.32. The Hall–Kier alpha value is -0.540. The predicted octanol–water partition coefficient (Wildman–Crippen LogP) is 5.26. The summed E-state index contributed by atoms with van der Waals surface area (Å²) in [4.78, 5) is 0.540. The molecule has 1 aromatic rings. The quantitative estimate of drug-likeness (QED) is 0.519. The van der Waals surface area contributed by atoms with Gasteiger partial charge in [-0.05, 0) is 25.3 Å². The number of para-hydroxylation sites is 1. The fourth-order valence-electron chi connectivity index (χ4n) is 2.90. The fourth-order valence-corrected chi connectivity index (χ4v) is 3.65. The van der Waals surface area contributed by atoms with E-state index < -0.39 is 0 Å². The molecule has 1 aromatic carbocycles. The maximum Gasteiger partial charge on any atom is 0.124 e. The highest BCUT2D eigenvalue weighted by molar-refractivity contribution is 9.09. The van der Waals surface area contributed by atoms with Crippen LogP contribution in [-0.2, 0) is 4.74 Å². The lowest BCUT2D eigenvalue weighted by Gasteiger charge is -2.34. The first kappa shape index (κ1) is 15.8. The third-order valence-corrected chi connectivity index (χ3v) is 4.71. The zero-order valence-corrected chi connectivity index (χ0v) is 14.1. The molecule has 112 valence electrons.